The second kappa shape index (κ2) is 7.54. The van der Waals surface area contributed by atoms with Crippen molar-refractivity contribution >= 4 is 5.91 Å². The normalized spacial score (nSPS) is 26.8. The lowest BCUT2D eigenvalue weighted by Crippen LogP contribution is -2.64. The summed E-state index contributed by atoms with van der Waals surface area (Å²) in [5, 5.41) is 3.11. The summed E-state index contributed by atoms with van der Waals surface area (Å²) < 4.78 is 38.2. The molecule has 28 heavy (non-hydrogen) atoms. The minimum atomic E-state index is -4.40. The summed E-state index contributed by atoms with van der Waals surface area (Å²) in [7, 11) is 0. The van der Waals surface area contributed by atoms with E-state index in [1.807, 2.05) is 18.3 Å². The highest BCUT2D eigenvalue weighted by molar-refractivity contribution is 5.94. The third-order valence-corrected chi connectivity index (χ3v) is 5.91. The minimum absolute atomic E-state index is 0.0162. The molecule has 5 rings (SSSR count). The maximum absolute atomic E-state index is 12.7. The number of benzene rings is 1. The number of carbonyl (C=O) groups is 1. The van der Waals surface area contributed by atoms with E-state index in [9.17, 15) is 18.0 Å². The van der Waals surface area contributed by atoms with Crippen molar-refractivity contribution in [3.8, 4) is 0 Å². The number of halogens is 3. The molecule has 0 aliphatic carbocycles. The van der Waals surface area contributed by atoms with Crippen molar-refractivity contribution in [1.29, 1.82) is 0 Å². The number of nitrogens with zero attached hydrogens (tertiary/aromatic N) is 2. The Balaban J connectivity index is 1.50. The van der Waals surface area contributed by atoms with E-state index in [1.165, 1.54) is 12.1 Å². The summed E-state index contributed by atoms with van der Waals surface area (Å²) in [5.41, 5.74) is 0.625. The van der Waals surface area contributed by atoms with Crippen molar-refractivity contribution in [2.24, 2.45) is 5.92 Å². The molecular weight excluding hydrogens is 367 g/mol. The Labute approximate surface area is 161 Å². The zero-order valence-electron chi connectivity index (χ0n) is 15.3. The maximum atomic E-state index is 12.7. The highest BCUT2D eigenvalue weighted by Gasteiger charge is 2.42. The molecule has 148 valence electrons. The molecular formula is C21H22F3N3O. The number of amides is 1. The van der Waals surface area contributed by atoms with E-state index in [0.717, 1.165) is 50.0 Å². The Kier molecular flexibility index (Phi) is 5.10. The number of pyridine rings is 1. The van der Waals surface area contributed by atoms with Crippen LogP contribution in [0, 0.1) is 5.92 Å². The van der Waals surface area contributed by atoms with Gasteiger partial charge in [0.05, 0.1) is 5.56 Å². The van der Waals surface area contributed by atoms with Crippen LogP contribution in [0.15, 0.2) is 48.8 Å². The highest BCUT2D eigenvalue weighted by Crippen LogP contribution is 2.34. The van der Waals surface area contributed by atoms with E-state index in [0.29, 0.717) is 5.92 Å². The molecule has 2 bridgehead atoms. The number of rotatable bonds is 4. The quantitative estimate of drug-likeness (QED) is 0.870. The van der Waals surface area contributed by atoms with Crippen molar-refractivity contribution < 1.29 is 18.0 Å². The van der Waals surface area contributed by atoms with Crippen LogP contribution < -0.4 is 5.32 Å². The summed E-state index contributed by atoms with van der Waals surface area (Å²) in [6.07, 6.45) is 2.03. The van der Waals surface area contributed by atoms with Crippen LogP contribution in [0.5, 0.6) is 0 Å². The molecule has 2 unspecified atom stereocenters. The zero-order valence-corrected chi connectivity index (χ0v) is 15.3. The summed E-state index contributed by atoms with van der Waals surface area (Å²) >= 11 is 0. The van der Waals surface area contributed by atoms with Crippen molar-refractivity contribution in [3.05, 3.63) is 65.5 Å². The minimum Gasteiger partial charge on any atom is -0.347 e. The molecule has 3 aliphatic rings. The lowest BCUT2D eigenvalue weighted by Gasteiger charge is -2.51. The van der Waals surface area contributed by atoms with Crippen LogP contribution in [0.1, 0.15) is 34.3 Å². The Morgan fingerprint density at radius 2 is 1.86 bits per heavy atom. The highest BCUT2D eigenvalue weighted by atomic mass is 19.4. The average molecular weight is 389 g/mol. The first-order valence-corrected chi connectivity index (χ1v) is 9.53. The molecule has 1 aromatic carbocycles. The summed E-state index contributed by atoms with van der Waals surface area (Å²) in [6.45, 7) is 2.03. The molecule has 2 atom stereocenters. The van der Waals surface area contributed by atoms with Crippen LogP contribution in [0.4, 0.5) is 13.2 Å². The van der Waals surface area contributed by atoms with E-state index in [4.69, 9.17) is 0 Å². The smallest absolute Gasteiger partial charge is 0.347 e. The van der Waals surface area contributed by atoms with Gasteiger partial charge in [0.2, 0.25) is 0 Å². The Hall–Kier alpha value is -2.41. The topological polar surface area (TPSA) is 45.2 Å². The molecule has 1 N–H and O–H groups in total. The van der Waals surface area contributed by atoms with Crippen LogP contribution in [0.25, 0.3) is 0 Å². The number of aromatic nitrogens is 1. The van der Waals surface area contributed by atoms with Gasteiger partial charge in [0, 0.05) is 30.0 Å². The van der Waals surface area contributed by atoms with Gasteiger partial charge in [0.1, 0.15) is 0 Å². The monoisotopic (exact) mass is 389 g/mol. The number of hydrogen-bond acceptors (Lipinski definition) is 3. The third kappa shape index (κ3) is 3.90. The van der Waals surface area contributed by atoms with Crippen molar-refractivity contribution in [2.75, 3.05) is 13.1 Å². The maximum Gasteiger partial charge on any atom is 0.416 e. The van der Waals surface area contributed by atoms with Gasteiger partial charge in [-0.15, -0.1) is 0 Å². The van der Waals surface area contributed by atoms with Gasteiger partial charge in [0.15, 0.2) is 0 Å². The van der Waals surface area contributed by atoms with Crippen LogP contribution in [0.2, 0.25) is 0 Å². The second-order valence-electron chi connectivity index (χ2n) is 7.58. The van der Waals surface area contributed by atoms with E-state index < -0.39 is 11.7 Å². The Morgan fingerprint density at radius 1 is 1.14 bits per heavy atom. The van der Waals surface area contributed by atoms with E-state index in [-0.39, 0.29) is 23.6 Å². The van der Waals surface area contributed by atoms with Crippen LogP contribution in [-0.2, 0) is 12.6 Å². The van der Waals surface area contributed by atoms with Gasteiger partial charge >= 0.3 is 6.18 Å². The molecule has 3 saturated heterocycles. The molecule has 4 heterocycles. The number of carbonyl (C=O) groups excluding carboxylic acids is 1. The number of fused-ring (bicyclic) bond motifs is 3. The van der Waals surface area contributed by atoms with Gasteiger partial charge in [0.25, 0.3) is 5.91 Å². The van der Waals surface area contributed by atoms with Crippen LogP contribution in [0.3, 0.4) is 0 Å². The first-order chi connectivity index (χ1) is 13.4. The summed E-state index contributed by atoms with van der Waals surface area (Å²) in [5.74, 6) is 0.0775. The van der Waals surface area contributed by atoms with E-state index in [2.05, 4.69) is 15.2 Å². The predicted molar refractivity (Wildman–Crippen MR) is 98.7 cm³/mol. The lowest BCUT2D eigenvalue weighted by molar-refractivity contribution is -0.137. The molecule has 0 spiro atoms. The SMILES string of the molecule is O=C(NC1C2CCN(CC2)C1Cc1cccnc1)c1ccc(C(F)(F)F)cc1. The molecule has 0 saturated carbocycles. The van der Waals surface area contributed by atoms with Gasteiger partial charge in [-0.1, -0.05) is 6.07 Å². The molecule has 3 aliphatic heterocycles. The molecule has 1 amide bonds. The molecule has 4 nitrogen and oxygen atoms in total. The van der Waals surface area contributed by atoms with Crippen molar-refractivity contribution in [2.45, 2.75) is 37.5 Å². The molecule has 3 fully saturated rings. The first-order valence-electron chi connectivity index (χ1n) is 9.53. The second-order valence-corrected chi connectivity index (χ2v) is 7.58. The van der Waals surface area contributed by atoms with Gasteiger partial charge < -0.3 is 5.32 Å². The predicted octanol–water partition coefficient (Wildman–Crippen LogP) is 3.54. The molecule has 2 aromatic rings. The van der Waals surface area contributed by atoms with E-state index >= 15 is 0 Å². The number of hydrogen-bond donors (Lipinski definition) is 1. The van der Waals surface area contributed by atoms with E-state index in [1.54, 1.807) is 6.20 Å². The van der Waals surface area contributed by atoms with Gasteiger partial charge in [-0.25, -0.2) is 0 Å². The Morgan fingerprint density at radius 3 is 2.46 bits per heavy atom. The standard InChI is InChI=1S/C21H22F3N3O/c22-21(23,24)17-5-3-16(4-6-17)20(28)26-19-15-7-10-27(11-8-15)18(19)12-14-2-1-9-25-13-14/h1-6,9,13,15,18-19H,7-8,10-12H2,(H,26,28). The van der Waals surface area contributed by atoms with Crippen molar-refractivity contribution in [3.63, 3.8) is 0 Å². The third-order valence-electron chi connectivity index (χ3n) is 5.91. The molecule has 0 radical (unpaired) electrons. The number of nitrogens with one attached hydrogen (secondary N) is 1. The largest absolute Gasteiger partial charge is 0.416 e. The number of piperidine rings is 3. The van der Waals surface area contributed by atoms with Gasteiger partial charge in [-0.05, 0) is 74.2 Å². The molecule has 1 aromatic heterocycles. The fourth-order valence-electron chi connectivity index (χ4n) is 4.43. The van der Waals surface area contributed by atoms with Gasteiger partial charge in [-0.3, -0.25) is 14.7 Å². The molecule has 7 heteroatoms. The fraction of sp³-hybridized carbons (Fsp3) is 0.429. The van der Waals surface area contributed by atoms with Gasteiger partial charge in [-0.2, -0.15) is 13.2 Å². The lowest BCUT2D eigenvalue weighted by atomic mass is 9.76. The summed E-state index contributed by atoms with van der Waals surface area (Å²) in [6, 6.07) is 8.50. The average Bonchev–Trinajstić information content (AvgIpc) is 2.70. The Bertz CT molecular complexity index is 815. The summed E-state index contributed by atoms with van der Waals surface area (Å²) in [4.78, 5) is 19.3. The first kappa shape index (κ1) is 18.9. The fourth-order valence-corrected chi connectivity index (χ4v) is 4.43. The van der Waals surface area contributed by atoms with Crippen LogP contribution >= 0.6 is 0 Å². The van der Waals surface area contributed by atoms with Crippen molar-refractivity contribution in [1.82, 2.24) is 15.2 Å². The zero-order chi connectivity index (χ0) is 19.7. The number of alkyl halides is 3. The van der Waals surface area contributed by atoms with Crippen LogP contribution in [-0.4, -0.2) is 41.0 Å².